The number of amides is 1. The zero-order valence-corrected chi connectivity index (χ0v) is 11.0. The highest BCUT2D eigenvalue weighted by Gasteiger charge is 2.14. The number of anilines is 1. The third-order valence-corrected chi connectivity index (χ3v) is 3.60. The highest BCUT2D eigenvalue weighted by Crippen LogP contribution is 2.17. The summed E-state index contributed by atoms with van der Waals surface area (Å²) in [4.78, 5) is 11.9. The smallest absolute Gasteiger partial charge is 0.224 e. The van der Waals surface area contributed by atoms with E-state index in [1.165, 1.54) is 12.8 Å². The normalized spacial score (nSPS) is 19.5. The molecule has 1 aliphatic heterocycles. The van der Waals surface area contributed by atoms with Crippen LogP contribution < -0.4 is 10.6 Å². The fourth-order valence-corrected chi connectivity index (χ4v) is 2.43. The summed E-state index contributed by atoms with van der Waals surface area (Å²) in [6.07, 6.45) is 4.11. The first-order valence-electron chi connectivity index (χ1n) is 6.82. The third-order valence-electron chi connectivity index (χ3n) is 3.60. The molecule has 3 heteroatoms. The molecule has 2 rings (SSSR count). The summed E-state index contributed by atoms with van der Waals surface area (Å²) < 4.78 is 0. The SMILES string of the molecule is Cc1ccccc1NC(=O)CCC1CCCNC1. The average molecular weight is 246 g/mol. The Bertz CT molecular complexity index is 397. The molecule has 0 bridgehead atoms. The largest absolute Gasteiger partial charge is 0.326 e. The van der Waals surface area contributed by atoms with E-state index in [2.05, 4.69) is 10.6 Å². The van der Waals surface area contributed by atoms with E-state index in [4.69, 9.17) is 0 Å². The molecule has 1 aromatic rings. The van der Waals surface area contributed by atoms with Gasteiger partial charge in [0.1, 0.15) is 0 Å². The maximum Gasteiger partial charge on any atom is 0.224 e. The predicted octanol–water partition coefficient (Wildman–Crippen LogP) is 2.71. The Morgan fingerprint density at radius 2 is 2.28 bits per heavy atom. The Kier molecular flexibility index (Phi) is 4.76. The van der Waals surface area contributed by atoms with Gasteiger partial charge in [-0.15, -0.1) is 0 Å². The van der Waals surface area contributed by atoms with Crippen LogP contribution in [0.15, 0.2) is 24.3 Å². The molecule has 1 amide bonds. The average Bonchev–Trinajstić information content (AvgIpc) is 2.40. The zero-order valence-electron chi connectivity index (χ0n) is 11.0. The molecule has 1 atom stereocenters. The molecule has 1 aliphatic rings. The van der Waals surface area contributed by atoms with Gasteiger partial charge >= 0.3 is 0 Å². The molecule has 0 radical (unpaired) electrons. The highest BCUT2D eigenvalue weighted by atomic mass is 16.1. The summed E-state index contributed by atoms with van der Waals surface area (Å²) in [6.45, 7) is 4.21. The number of hydrogen-bond donors (Lipinski definition) is 2. The molecule has 1 heterocycles. The first kappa shape index (κ1) is 13.1. The van der Waals surface area contributed by atoms with Crippen molar-refractivity contribution in [3.8, 4) is 0 Å². The predicted molar refractivity (Wildman–Crippen MR) is 74.6 cm³/mol. The van der Waals surface area contributed by atoms with Crippen LogP contribution in [-0.2, 0) is 4.79 Å². The molecule has 3 nitrogen and oxygen atoms in total. The van der Waals surface area contributed by atoms with E-state index < -0.39 is 0 Å². The fourth-order valence-electron chi connectivity index (χ4n) is 2.43. The number of hydrogen-bond acceptors (Lipinski definition) is 2. The van der Waals surface area contributed by atoms with Gasteiger partial charge in [0.15, 0.2) is 0 Å². The monoisotopic (exact) mass is 246 g/mol. The van der Waals surface area contributed by atoms with Crippen molar-refractivity contribution in [3.63, 3.8) is 0 Å². The van der Waals surface area contributed by atoms with Crippen molar-refractivity contribution in [3.05, 3.63) is 29.8 Å². The molecule has 18 heavy (non-hydrogen) atoms. The van der Waals surface area contributed by atoms with Gasteiger partial charge in [-0.25, -0.2) is 0 Å². The molecule has 0 spiro atoms. The van der Waals surface area contributed by atoms with Gasteiger partial charge in [-0.2, -0.15) is 0 Å². The summed E-state index contributed by atoms with van der Waals surface area (Å²) in [5, 5.41) is 6.38. The molecule has 1 saturated heterocycles. The first-order chi connectivity index (χ1) is 8.75. The lowest BCUT2D eigenvalue weighted by atomic mass is 9.94. The molecule has 1 aromatic carbocycles. The Hall–Kier alpha value is -1.35. The van der Waals surface area contributed by atoms with Crippen LogP contribution in [0.25, 0.3) is 0 Å². The molecule has 1 unspecified atom stereocenters. The lowest BCUT2D eigenvalue weighted by molar-refractivity contribution is -0.116. The van der Waals surface area contributed by atoms with Crippen LogP contribution in [-0.4, -0.2) is 19.0 Å². The Balaban J connectivity index is 1.76. The molecule has 0 aliphatic carbocycles. The molecule has 2 N–H and O–H groups in total. The number of para-hydroxylation sites is 1. The molecular weight excluding hydrogens is 224 g/mol. The van der Waals surface area contributed by atoms with Crippen LogP contribution in [0.4, 0.5) is 5.69 Å². The van der Waals surface area contributed by atoms with E-state index in [1.807, 2.05) is 31.2 Å². The molecule has 0 saturated carbocycles. The van der Waals surface area contributed by atoms with Crippen LogP contribution in [0.3, 0.4) is 0 Å². The Labute approximate surface area is 109 Å². The van der Waals surface area contributed by atoms with Gasteiger partial charge in [0.2, 0.25) is 5.91 Å². The van der Waals surface area contributed by atoms with Crippen LogP contribution in [0.2, 0.25) is 0 Å². The van der Waals surface area contributed by atoms with Crippen LogP contribution in [0.1, 0.15) is 31.2 Å². The molecule has 98 valence electrons. The van der Waals surface area contributed by atoms with Crippen molar-refractivity contribution in [2.75, 3.05) is 18.4 Å². The second-order valence-corrected chi connectivity index (χ2v) is 5.11. The van der Waals surface area contributed by atoms with E-state index in [-0.39, 0.29) is 5.91 Å². The van der Waals surface area contributed by atoms with Gasteiger partial charge in [0.25, 0.3) is 0 Å². The van der Waals surface area contributed by atoms with Gasteiger partial charge in [-0.1, -0.05) is 18.2 Å². The summed E-state index contributed by atoms with van der Waals surface area (Å²) >= 11 is 0. The highest BCUT2D eigenvalue weighted by molar-refractivity contribution is 5.91. The standard InChI is InChI=1S/C15H22N2O/c1-12-5-2-3-7-14(12)17-15(18)9-8-13-6-4-10-16-11-13/h2-3,5,7,13,16H,4,6,8-11H2,1H3,(H,17,18). The number of rotatable bonds is 4. The van der Waals surface area contributed by atoms with Crippen molar-refractivity contribution < 1.29 is 4.79 Å². The fraction of sp³-hybridized carbons (Fsp3) is 0.533. The topological polar surface area (TPSA) is 41.1 Å². The quantitative estimate of drug-likeness (QED) is 0.857. The van der Waals surface area contributed by atoms with Crippen molar-refractivity contribution in [1.82, 2.24) is 5.32 Å². The minimum Gasteiger partial charge on any atom is -0.326 e. The van der Waals surface area contributed by atoms with Crippen molar-refractivity contribution in [1.29, 1.82) is 0 Å². The maximum absolute atomic E-state index is 11.9. The number of benzene rings is 1. The van der Waals surface area contributed by atoms with Crippen molar-refractivity contribution >= 4 is 11.6 Å². The van der Waals surface area contributed by atoms with E-state index in [1.54, 1.807) is 0 Å². The summed E-state index contributed by atoms with van der Waals surface area (Å²) in [7, 11) is 0. The summed E-state index contributed by atoms with van der Waals surface area (Å²) in [6, 6.07) is 7.91. The number of aryl methyl sites for hydroxylation is 1. The van der Waals surface area contributed by atoms with Gasteiger partial charge in [0.05, 0.1) is 0 Å². The minimum atomic E-state index is 0.134. The van der Waals surface area contributed by atoms with E-state index in [9.17, 15) is 4.79 Å². The van der Waals surface area contributed by atoms with Crippen molar-refractivity contribution in [2.45, 2.75) is 32.6 Å². The number of piperidine rings is 1. The van der Waals surface area contributed by atoms with E-state index >= 15 is 0 Å². The van der Waals surface area contributed by atoms with E-state index in [0.29, 0.717) is 12.3 Å². The zero-order chi connectivity index (χ0) is 12.8. The van der Waals surface area contributed by atoms with Gasteiger partial charge in [0, 0.05) is 12.1 Å². The van der Waals surface area contributed by atoms with Crippen LogP contribution >= 0.6 is 0 Å². The number of carbonyl (C=O) groups excluding carboxylic acids is 1. The summed E-state index contributed by atoms with van der Waals surface area (Å²) in [5.41, 5.74) is 2.05. The number of carbonyl (C=O) groups is 1. The molecule has 1 fully saturated rings. The van der Waals surface area contributed by atoms with Gasteiger partial charge in [-0.05, 0) is 56.8 Å². The summed E-state index contributed by atoms with van der Waals surface area (Å²) in [5.74, 6) is 0.802. The maximum atomic E-state index is 11.9. The van der Waals surface area contributed by atoms with Gasteiger partial charge in [-0.3, -0.25) is 4.79 Å². The van der Waals surface area contributed by atoms with Crippen LogP contribution in [0.5, 0.6) is 0 Å². The number of nitrogens with one attached hydrogen (secondary N) is 2. The first-order valence-corrected chi connectivity index (χ1v) is 6.82. The second kappa shape index (κ2) is 6.55. The molecular formula is C15H22N2O. The van der Waals surface area contributed by atoms with Crippen molar-refractivity contribution in [2.24, 2.45) is 5.92 Å². The third kappa shape index (κ3) is 3.84. The lowest BCUT2D eigenvalue weighted by Crippen LogP contribution is -2.30. The Morgan fingerprint density at radius 3 is 3.00 bits per heavy atom. The van der Waals surface area contributed by atoms with Gasteiger partial charge < -0.3 is 10.6 Å². The van der Waals surface area contributed by atoms with Crippen LogP contribution in [0, 0.1) is 12.8 Å². The Morgan fingerprint density at radius 1 is 1.44 bits per heavy atom. The van der Waals surface area contributed by atoms with E-state index in [0.717, 1.165) is 30.8 Å². The molecule has 0 aromatic heterocycles. The second-order valence-electron chi connectivity index (χ2n) is 5.11. The minimum absolute atomic E-state index is 0.134. The lowest BCUT2D eigenvalue weighted by Gasteiger charge is -2.22.